The summed E-state index contributed by atoms with van der Waals surface area (Å²) in [7, 11) is 0. The van der Waals surface area contributed by atoms with Crippen LogP contribution in [-0.4, -0.2) is 60.8 Å². The Balaban J connectivity index is 1.93. The Bertz CT molecular complexity index is 1530. The fourth-order valence-electron chi connectivity index (χ4n) is 4.39. The Labute approximate surface area is 276 Å². The van der Waals surface area contributed by atoms with Crippen molar-refractivity contribution in [3.63, 3.8) is 0 Å². The summed E-state index contributed by atoms with van der Waals surface area (Å²) < 4.78 is 112. The molecule has 0 fully saturated rings. The molecule has 2 N–H and O–H groups in total. The number of aromatic nitrogens is 1. The molecule has 1 atom stereocenters. The molecule has 1 unspecified atom stereocenters. The summed E-state index contributed by atoms with van der Waals surface area (Å²) in [4.78, 5) is 29.3. The molecule has 1 aromatic heterocycles. The van der Waals surface area contributed by atoms with Gasteiger partial charge >= 0.3 is 24.5 Å². The van der Waals surface area contributed by atoms with Gasteiger partial charge in [-0.25, -0.2) is 18.0 Å². The van der Waals surface area contributed by atoms with Crippen LogP contribution in [0.15, 0.2) is 66.9 Å². The second-order valence-electron chi connectivity index (χ2n) is 11.6. The second kappa shape index (κ2) is 15.9. The normalized spacial score (nSPS) is 13.5. The van der Waals surface area contributed by atoms with E-state index in [-0.39, 0.29) is 35.7 Å². The summed E-state index contributed by atoms with van der Waals surface area (Å²) in [5.41, 5.74) is -2.67. The van der Waals surface area contributed by atoms with Crippen molar-refractivity contribution in [3.8, 4) is 5.75 Å². The van der Waals surface area contributed by atoms with E-state index in [0.29, 0.717) is 11.6 Å². The molecule has 3 rings (SSSR count). The highest BCUT2D eigenvalue weighted by Gasteiger charge is 2.45. The summed E-state index contributed by atoms with van der Waals surface area (Å²) in [5.74, 6) is -6.51. The van der Waals surface area contributed by atoms with Crippen LogP contribution in [0.4, 0.5) is 35.5 Å². The number of benzene rings is 2. The minimum atomic E-state index is -5.00. The number of amides is 2. The zero-order valence-electron chi connectivity index (χ0n) is 26.0. The van der Waals surface area contributed by atoms with Crippen molar-refractivity contribution in [2.75, 3.05) is 19.8 Å². The third kappa shape index (κ3) is 11.5. The smallest absolute Gasteiger partial charge is 0.460 e. The van der Waals surface area contributed by atoms with Crippen LogP contribution in [0.1, 0.15) is 44.0 Å². The molecule has 16 heteroatoms. The summed E-state index contributed by atoms with van der Waals surface area (Å²) in [6.45, 7) is 2.10. The number of ether oxygens (including phenoxy) is 3. The van der Waals surface area contributed by atoms with E-state index < -0.39 is 66.3 Å². The number of carbonyl (C=O) groups is 2. The fourth-order valence-corrected chi connectivity index (χ4v) is 4.50. The molecular formula is C32H33ClF7N3O5. The van der Waals surface area contributed by atoms with Crippen molar-refractivity contribution in [3.05, 3.63) is 94.5 Å². The zero-order chi connectivity index (χ0) is 35.8. The number of esters is 1. The topological polar surface area (TPSA) is 98.8 Å². The van der Waals surface area contributed by atoms with Crippen molar-refractivity contribution in [1.82, 2.24) is 15.6 Å². The number of carbonyl (C=O) groups excluding carboxylic acids is 2. The number of hydrogen-bond acceptors (Lipinski definition) is 6. The number of nitrogens with zero attached hydrogens (tertiary/aromatic N) is 1. The van der Waals surface area contributed by atoms with Crippen molar-refractivity contribution in [2.45, 2.75) is 63.2 Å². The van der Waals surface area contributed by atoms with E-state index >= 15 is 0 Å². The Morgan fingerprint density at radius 2 is 1.67 bits per heavy atom. The van der Waals surface area contributed by atoms with Gasteiger partial charge in [-0.3, -0.25) is 9.78 Å². The highest BCUT2D eigenvalue weighted by atomic mass is 35.5. The SMILES string of the molecule is CC(C)(C)OC(=O)CCOCC(F)(F)CNC(=O)NC(Cc1ccccc1)(c1cc(F)cc(OC(F)(F)C(F)F)c1)c1ccc(Cl)cn1. The fraction of sp³-hybridized carbons (Fsp3) is 0.406. The number of rotatable bonds is 15. The molecular weight excluding hydrogens is 675 g/mol. The van der Waals surface area contributed by atoms with Crippen molar-refractivity contribution >= 4 is 23.6 Å². The maximum absolute atomic E-state index is 14.9. The first-order chi connectivity index (χ1) is 22.3. The number of hydrogen-bond donors (Lipinski definition) is 2. The predicted octanol–water partition coefficient (Wildman–Crippen LogP) is 7.28. The number of pyridine rings is 1. The Morgan fingerprint density at radius 1 is 0.979 bits per heavy atom. The van der Waals surface area contributed by atoms with Crippen LogP contribution >= 0.6 is 11.6 Å². The molecule has 8 nitrogen and oxygen atoms in total. The van der Waals surface area contributed by atoms with Crippen LogP contribution in [0.25, 0.3) is 0 Å². The Morgan fingerprint density at radius 3 is 2.27 bits per heavy atom. The average molecular weight is 708 g/mol. The van der Waals surface area contributed by atoms with Gasteiger partial charge in [0, 0.05) is 18.7 Å². The maximum Gasteiger partial charge on any atom is 0.461 e. The van der Waals surface area contributed by atoms with Gasteiger partial charge in [0.15, 0.2) is 0 Å². The van der Waals surface area contributed by atoms with E-state index in [1.165, 1.54) is 18.3 Å². The van der Waals surface area contributed by atoms with Crippen LogP contribution in [0, 0.1) is 5.82 Å². The van der Waals surface area contributed by atoms with E-state index in [1.54, 1.807) is 51.1 Å². The lowest BCUT2D eigenvalue weighted by molar-refractivity contribution is -0.253. The van der Waals surface area contributed by atoms with E-state index in [4.69, 9.17) is 21.1 Å². The molecule has 262 valence electrons. The van der Waals surface area contributed by atoms with Gasteiger partial charge in [0.1, 0.15) is 29.3 Å². The minimum Gasteiger partial charge on any atom is -0.460 e. The van der Waals surface area contributed by atoms with Crippen LogP contribution in [0.2, 0.25) is 5.02 Å². The standard InChI is InChI=1S/C32H33ClF7N3O5/c1-29(2,3)48-26(44)11-12-46-19-30(37,38)18-42-28(45)43-31(16-20-7-5-4-6-8-20,25-10-9-22(33)17-41-25)21-13-23(34)15-24(14-21)47-32(39,40)27(35)36/h4-10,13-15,17,27H,11-12,16,18-19H2,1-3H3,(H2,42,43,45). The Kier molecular flexibility index (Phi) is 12.7. The first kappa shape index (κ1) is 38.3. The van der Waals surface area contributed by atoms with Crippen LogP contribution in [0.3, 0.4) is 0 Å². The molecule has 0 aliphatic carbocycles. The number of halogens is 8. The highest BCUT2D eigenvalue weighted by molar-refractivity contribution is 6.30. The molecule has 0 saturated carbocycles. The lowest BCUT2D eigenvalue weighted by atomic mass is 9.80. The molecule has 1 heterocycles. The summed E-state index contributed by atoms with van der Waals surface area (Å²) in [6, 6.07) is 11.6. The van der Waals surface area contributed by atoms with E-state index in [1.807, 2.05) is 5.32 Å². The minimum absolute atomic E-state index is 0.0553. The quantitative estimate of drug-likeness (QED) is 0.0979. The molecule has 0 saturated heterocycles. The molecule has 48 heavy (non-hydrogen) atoms. The molecule has 0 radical (unpaired) electrons. The van der Waals surface area contributed by atoms with Gasteiger partial charge in [0.25, 0.3) is 5.92 Å². The van der Waals surface area contributed by atoms with Gasteiger partial charge in [-0.2, -0.15) is 17.6 Å². The molecule has 3 aromatic rings. The third-order valence-electron chi connectivity index (χ3n) is 6.37. The molecule has 0 bridgehead atoms. The molecule has 0 aliphatic rings. The Hall–Kier alpha value is -4.11. The number of nitrogens with one attached hydrogen (secondary N) is 2. The predicted molar refractivity (Wildman–Crippen MR) is 161 cm³/mol. The molecule has 2 aromatic carbocycles. The van der Waals surface area contributed by atoms with Gasteiger partial charge in [-0.15, -0.1) is 0 Å². The monoisotopic (exact) mass is 707 g/mol. The zero-order valence-corrected chi connectivity index (χ0v) is 26.7. The maximum atomic E-state index is 14.9. The molecule has 0 spiro atoms. The lowest BCUT2D eigenvalue weighted by Crippen LogP contribution is -2.54. The summed E-state index contributed by atoms with van der Waals surface area (Å²) >= 11 is 6.01. The van der Waals surface area contributed by atoms with Gasteiger partial charge in [-0.1, -0.05) is 41.9 Å². The molecule has 0 aliphatic heterocycles. The van der Waals surface area contributed by atoms with Crippen molar-refractivity contribution < 1.29 is 54.5 Å². The van der Waals surface area contributed by atoms with Gasteiger partial charge in [0.2, 0.25) is 0 Å². The van der Waals surface area contributed by atoms with Crippen LogP contribution < -0.4 is 15.4 Å². The van der Waals surface area contributed by atoms with E-state index in [0.717, 1.165) is 12.1 Å². The van der Waals surface area contributed by atoms with E-state index in [9.17, 15) is 40.3 Å². The van der Waals surface area contributed by atoms with Crippen molar-refractivity contribution in [1.29, 1.82) is 0 Å². The first-order valence-electron chi connectivity index (χ1n) is 14.4. The summed E-state index contributed by atoms with van der Waals surface area (Å²) in [6.07, 6.45) is -8.66. The van der Waals surface area contributed by atoms with Crippen molar-refractivity contribution in [2.24, 2.45) is 0 Å². The lowest BCUT2D eigenvalue weighted by Gasteiger charge is -2.36. The second-order valence-corrected chi connectivity index (χ2v) is 12.1. The third-order valence-corrected chi connectivity index (χ3v) is 6.59. The molecule has 2 amide bonds. The number of urea groups is 1. The van der Waals surface area contributed by atoms with Gasteiger partial charge in [0.05, 0.1) is 30.3 Å². The first-order valence-corrected chi connectivity index (χ1v) is 14.7. The largest absolute Gasteiger partial charge is 0.461 e. The summed E-state index contributed by atoms with van der Waals surface area (Å²) in [5, 5.41) is 4.65. The number of alkyl halides is 6. The highest BCUT2D eigenvalue weighted by Crippen LogP contribution is 2.37. The van der Waals surface area contributed by atoms with Gasteiger partial charge < -0.3 is 24.8 Å². The van der Waals surface area contributed by atoms with E-state index in [2.05, 4.69) is 15.0 Å². The van der Waals surface area contributed by atoms with Crippen LogP contribution in [0.5, 0.6) is 5.75 Å². The van der Waals surface area contributed by atoms with Gasteiger partial charge in [-0.05, 0) is 56.2 Å². The average Bonchev–Trinajstić information content (AvgIpc) is 2.97. The van der Waals surface area contributed by atoms with Crippen LogP contribution in [-0.2, 0) is 26.2 Å².